The Labute approximate surface area is 130 Å². The fourth-order valence-corrected chi connectivity index (χ4v) is 5.71. The minimum absolute atomic E-state index is 0.911. The molecule has 4 aliphatic rings. The zero-order valence-electron chi connectivity index (χ0n) is 13.6. The van der Waals surface area contributed by atoms with E-state index in [4.69, 9.17) is 0 Å². The van der Waals surface area contributed by atoms with E-state index in [1.807, 2.05) is 0 Å². The van der Waals surface area contributed by atoms with Crippen molar-refractivity contribution in [2.24, 2.45) is 11.8 Å². The van der Waals surface area contributed by atoms with Gasteiger partial charge in [-0.3, -0.25) is 9.80 Å². The van der Waals surface area contributed by atoms with Crippen molar-refractivity contribution in [3.8, 4) is 0 Å². The summed E-state index contributed by atoms with van der Waals surface area (Å²) in [5.41, 5.74) is 0. The van der Waals surface area contributed by atoms with Crippen molar-refractivity contribution in [3.63, 3.8) is 0 Å². The maximum Gasteiger partial charge on any atom is 0.0177 e. The third kappa shape index (κ3) is 3.02. The van der Waals surface area contributed by atoms with Crippen molar-refractivity contribution < 1.29 is 0 Å². The van der Waals surface area contributed by atoms with Crippen LogP contribution in [0.3, 0.4) is 0 Å². The maximum absolute atomic E-state index is 3.68. The summed E-state index contributed by atoms with van der Waals surface area (Å²) in [6.45, 7) is 7.93. The van der Waals surface area contributed by atoms with E-state index in [1.54, 1.807) is 0 Å². The van der Waals surface area contributed by atoms with E-state index in [-0.39, 0.29) is 0 Å². The van der Waals surface area contributed by atoms with Crippen LogP contribution in [0.25, 0.3) is 0 Å². The van der Waals surface area contributed by atoms with Gasteiger partial charge in [0.15, 0.2) is 0 Å². The maximum atomic E-state index is 3.68. The lowest BCUT2D eigenvalue weighted by molar-refractivity contribution is -0.0111. The summed E-state index contributed by atoms with van der Waals surface area (Å²) in [6, 6.07) is 1.84. The van der Waals surface area contributed by atoms with Crippen LogP contribution in [0, 0.1) is 11.8 Å². The molecule has 120 valence electrons. The largest absolute Gasteiger partial charge is 0.316 e. The van der Waals surface area contributed by atoms with Crippen molar-refractivity contribution in [3.05, 3.63) is 0 Å². The van der Waals surface area contributed by atoms with E-state index < -0.39 is 0 Å². The van der Waals surface area contributed by atoms with Gasteiger partial charge in [0, 0.05) is 38.3 Å². The number of rotatable bonds is 2. The molecule has 2 heterocycles. The van der Waals surface area contributed by atoms with E-state index in [1.165, 1.54) is 90.6 Å². The van der Waals surface area contributed by atoms with Crippen LogP contribution in [-0.4, -0.2) is 61.2 Å². The van der Waals surface area contributed by atoms with Crippen LogP contribution >= 0.6 is 0 Å². The summed E-state index contributed by atoms with van der Waals surface area (Å²) in [6.07, 6.45) is 11.8. The normalized spacial score (nSPS) is 40.3. The highest BCUT2D eigenvalue weighted by Crippen LogP contribution is 2.36. The second-order valence-electron chi connectivity index (χ2n) is 7.96. The smallest absolute Gasteiger partial charge is 0.0177 e. The van der Waals surface area contributed by atoms with Gasteiger partial charge in [-0.05, 0) is 50.6 Å². The third-order valence-electron chi connectivity index (χ3n) is 6.79. The summed E-state index contributed by atoms with van der Waals surface area (Å²) >= 11 is 0. The zero-order valence-corrected chi connectivity index (χ0v) is 13.6. The Balaban J connectivity index is 1.34. The minimum Gasteiger partial charge on any atom is -0.316 e. The lowest BCUT2D eigenvalue weighted by Gasteiger charge is -2.51. The Morgan fingerprint density at radius 2 is 1.24 bits per heavy atom. The fourth-order valence-electron chi connectivity index (χ4n) is 5.71. The lowest BCUT2D eigenvalue weighted by atomic mass is 9.73. The molecule has 4 fully saturated rings. The Bertz CT molecular complexity index is 309. The summed E-state index contributed by atoms with van der Waals surface area (Å²) in [5.74, 6) is 1.89. The second-order valence-corrected chi connectivity index (χ2v) is 7.96. The topological polar surface area (TPSA) is 18.5 Å². The van der Waals surface area contributed by atoms with Gasteiger partial charge < -0.3 is 5.32 Å². The van der Waals surface area contributed by atoms with Crippen LogP contribution < -0.4 is 5.32 Å². The highest BCUT2D eigenvalue weighted by Gasteiger charge is 2.40. The molecule has 2 saturated heterocycles. The predicted octanol–water partition coefficient (Wildman–Crippen LogP) is 2.32. The average Bonchev–Trinajstić information content (AvgIpc) is 2.55. The van der Waals surface area contributed by atoms with Gasteiger partial charge in [0.1, 0.15) is 0 Å². The standard InChI is InChI=1S/C18H33N3/c1-2-7-17(8-3-1)20-9-11-21(12-10-20)18-15-5-4-6-16(18)14-19-13-15/h15-19H,1-14H2/t15-,16-/m0/s1. The van der Waals surface area contributed by atoms with Gasteiger partial charge in [-0.1, -0.05) is 25.7 Å². The van der Waals surface area contributed by atoms with Gasteiger partial charge in [0.25, 0.3) is 0 Å². The van der Waals surface area contributed by atoms with Crippen LogP contribution in [0.5, 0.6) is 0 Å². The highest BCUT2D eigenvalue weighted by atomic mass is 15.3. The first-order valence-electron chi connectivity index (χ1n) is 9.60. The Morgan fingerprint density at radius 1 is 0.619 bits per heavy atom. The molecule has 1 N–H and O–H groups in total. The van der Waals surface area contributed by atoms with E-state index in [0.29, 0.717) is 0 Å². The Morgan fingerprint density at radius 3 is 1.90 bits per heavy atom. The van der Waals surface area contributed by atoms with Crippen LogP contribution in [0.15, 0.2) is 0 Å². The molecule has 0 spiro atoms. The van der Waals surface area contributed by atoms with Gasteiger partial charge in [-0.15, -0.1) is 0 Å². The van der Waals surface area contributed by atoms with Gasteiger partial charge in [0.05, 0.1) is 0 Å². The molecule has 2 atom stereocenters. The molecule has 0 unspecified atom stereocenters. The van der Waals surface area contributed by atoms with Gasteiger partial charge in [-0.2, -0.15) is 0 Å². The molecular weight excluding hydrogens is 258 g/mol. The number of nitrogens with one attached hydrogen (secondary N) is 1. The number of piperidine rings is 1. The first kappa shape index (κ1) is 14.5. The van der Waals surface area contributed by atoms with E-state index >= 15 is 0 Å². The quantitative estimate of drug-likeness (QED) is 0.842. The Hall–Kier alpha value is -0.120. The second kappa shape index (κ2) is 6.55. The van der Waals surface area contributed by atoms with Crippen molar-refractivity contribution in [2.45, 2.75) is 63.5 Å². The molecule has 2 bridgehead atoms. The average molecular weight is 291 g/mol. The SMILES string of the molecule is C1CCC(N2CCN(C3[C@H]4CCC[C@H]3CNC4)CC2)CC1. The molecule has 0 aromatic carbocycles. The van der Waals surface area contributed by atoms with Crippen LogP contribution in [0.4, 0.5) is 0 Å². The van der Waals surface area contributed by atoms with E-state index in [0.717, 1.165) is 23.9 Å². The Kier molecular flexibility index (Phi) is 4.52. The fraction of sp³-hybridized carbons (Fsp3) is 1.00. The molecule has 21 heavy (non-hydrogen) atoms. The molecular formula is C18H33N3. The molecule has 2 aliphatic heterocycles. The third-order valence-corrected chi connectivity index (χ3v) is 6.79. The molecule has 2 aliphatic carbocycles. The molecule has 0 radical (unpaired) electrons. The lowest BCUT2D eigenvalue weighted by Crippen LogP contribution is -2.61. The number of hydrogen-bond donors (Lipinski definition) is 1. The first-order chi connectivity index (χ1) is 10.4. The molecule has 2 saturated carbocycles. The summed E-state index contributed by atoms with van der Waals surface area (Å²) in [5, 5.41) is 3.68. The summed E-state index contributed by atoms with van der Waals surface area (Å²) in [4.78, 5) is 5.71. The number of hydrogen-bond acceptors (Lipinski definition) is 3. The summed E-state index contributed by atoms with van der Waals surface area (Å²) < 4.78 is 0. The van der Waals surface area contributed by atoms with E-state index in [2.05, 4.69) is 15.1 Å². The van der Waals surface area contributed by atoms with Crippen molar-refractivity contribution in [1.29, 1.82) is 0 Å². The summed E-state index contributed by atoms with van der Waals surface area (Å²) in [7, 11) is 0. The molecule has 3 heteroatoms. The monoisotopic (exact) mass is 291 g/mol. The molecule has 0 aromatic heterocycles. The van der Waals surface area contributed by atoms with Gasteiger partial charge >= 0.3 is 0 Å². The van der Waals surface area contributed by atoms with Crippen molar-refractivity contribution in [1.82, 2.24) is 15.1 Å². The molecule has 0 amide bonds. The highest BCUT2D eigenvalue weighted by molar-refractivity contribution is 4.96. The van der Waals surface area contributed by atoms with Crippen molar-refractivity contribution >= 4 is 0 Å². The van der Waals surface area contributed by atoms with Crippen molar-refractivity contribution in [2.75, 3.05) is 39.3 Å². The number of fused-ring (bicyclic) bond motifs is 2. The zero-order chi connectivity index (χ0) is 14.1. The molecule has 3 nitrogen and oxygen atoms in total. The van der Waals surface area contributed by atoms with Gasteiger partial charge in [0.2, 0.25) is 0 Å². The number of piperazine rings is 1. The van der Waals surface area contributed by atoms with Gasteiger partial charge in [-0.25, -0.2) is 0 Å². The number of nitrogens with zero attached hydrogens (tertiary/aromatic N) is 2. The van der Waals surface area contributed by atoms with E-state index in [9.17, 15) is 0 Å². The minimum atomic E-state index is 0.911. The predicted molar refractivity (Wildman–Crippen MR) is 87.5 cm³/mol. The molecule has 4 rings (SSSR count). The molecule has 0 aromatic rings. The van der Waals surface area contributed by atoms with Crippen LogP contribution in [0.1, 0.15) is 51.4 Å². The van der Waals surface area contributed by atoms with Crippen LogP contribution in [-0.2, 0) is 0 Å². The van der Waals surface area contributed by atoms with Crippen LogP contribution in [0.2, 0.25) is 0 Å². The first-order valence-corrected chi connectivity index (χ1v) is 9.60.